The van der Waals surface area contributed by atoms with Gasteiger partial charge in [-0.25, -0.2) is 22.5 Å². The molecule has 13 heteroatoms. The number of aromatic nitrogens is 3. The first-order valence-corrected chi connectivity index (χ1v) is 14.5. The highest BCUT2D eigenvalue weighted by Gasteiger charge is 2.37. The maximum absolute atomic E-state index is 13.7. The molecule has 1 N–H and O–H groups in total. The van der Waals surface area contributed by atoms with Gasteiger partial charge in [0.1, 0.15) is 10.8 Å². The van der Waals surface area contributed by atoms with Crippen molar-refractivity contribution in [3.63, 3.8) is 0 Å². The smallest absolute Gasteiger partial charge is 0.241 e. The summed E-state index contributed by atoms with van der Waals surface area (Å²) in [6.07, 6.45) is 0. The summed E-state index contributed by atoms with van der Waals surface area (Å²) in [4.78, 5) is 4.57. The van der Waals surface area contributed by atoms with E-state index in [1.165, 1.54) is 35.6 Å². The molecular formula is C24H18FN4O5S3-. The van der Waals surface area contributed by atoms with Crippen LogP contribution in [0.15, 0.2) is 77.2 Å². The molecule has 5 aromatic rings. The molecule has 2 heterocycles. The van der Waals surface area contributed by atoms with Crippen LogP contribution in [0.5, 0.6) is 0 Å². The SMILES string of the molecule is O=S([O-])NCc1nnc(C(c2nc3ccc(-c4ccccc4)cc3s2)S(=O)(=O)Cc2ccc(F)cc2)o1. The van der Waals surface area contributed by atoms with Crippen molar-refractivity contribution in [2.45, 2.75) is 17.5 Å². The average Bonchev–Trinajstić information content (AvgIpc) is 3.51. The van der Waals surface area contributed by atoms with Crippen LogP contribution in [0.25, 0.3) is 21.3 Å². The molecule has 0 saturated carbocycles. The zero-order chi connectivity index (χ0) is 26.0. The zero-order valence-electron chi connectivity index (χ0n) is 18.9. The molecule has 190 valence electrons. The standard InChI is InChI=1S/C24H19FN4O5S3/c25-18-9-6-15(7-10-18)14-37(32,33)22(23-29-28-21(34-23)13-26-36(30)31)24-27-19-11-8-17(12-20(19)35-24)16-4-2-1-3-5-16/h1-12,22,26H,13-14H2,(H,30,31)/p-1. The van der Waals surface area contributed by atoms with Crippen molar-refractivity contribution in [3.8, 4) is 11.1 Å². The number of fused-ring (bicyclic) bond motifs is 1. The molecule has 0 aliphatic rings. The van der Waals surface area contributed by atoms with Crippen molar-refractivity contribution in [1.29, 1.82) is 0 Å². The van der Waals surface area contributed by atoms with E-state index in [4.69, 9.17) is 4.42 Å². The van der Waals surface area contributed by atoms with Crippen molar-refractivity contribution >= 4 is 42.7 Å². The van der Waals surface area contributed by atoms with Gasteiger partial charge in [0.05, 0.1) is 22.5 Å². The third kappa shape index (κ3) is 5.81. The first-order valence-electron chi connectivity index (χ1n) is 10.9. The van der Waals surface area contributed by atoms with E-state index in [0.29, 0.717) is 11.1 Å². The summed E-state index contributed by atoms with van der Waals surface area (Å²) in [5.41, 5.74) is 2.93. The number of sulfone groups is 1. The Morgan fingerprint density at radius 2 is 1.78 bits per heavy atom. The summed E-state index contributed by atoms with van der Waals surface area (Å²) in [5.74, 6) is -1.25. The predicted molar refractivity (Wildman–Crippen MR) is 136 cm³/mol. The first-order chi connectivity index (χ1) is 17.8. The van der Waals surface area contributed by atoms with Gasteiger partial charge in [0.25, 0.3) is 0 Å². The quantitative estimate of drug-likeness (QED) is 0.268. The van der Waals surface area contributed by atoms with Crippen LogP contribution in [0, 0.1) is 5.82 Å². The molecule has 9 nitrogen and oxygen atoms in total. The van der Waals surface area contributed by atoms with E-state index in [9.17, 15) is 21.6 Å². The fraction of sp³-hybridized carbons (Fsp3) is 0.125. The van der Waals surface area contributed by atoms with Gasteiger partial charge in [-0.15, -0.1) is 21.5 Å². The Kier molecular flexibility index (Phi) is 7.22. The first kappa shape index (κ1) is 25.3. The van der Waals surface area contributed by atoms with E-state index in [1.807, 2.05) is 48.5 Å². The Hall–Kier alpha value is -3.36. The predicted octanol–water partition coefficient (Wildman–Crippen LogP) is 4.07. The van der Waals surface area contributed by atoms with Crippen LogP contribution in [-0.4, -0.2) is 32.4 Å². The molecule has 2 aromatic heterocycles. The van der Waals surface area contributed by atoms with Gasteiger partial charge in [-0.1, -0.05) is 48.5 Å². The number of thiazole rings is 1. The van der Waals surface area contributed by atoms with Crippen LogP contribution in [0.3, 0.4) is 0 Å². The third-order valence-corrected chi connectivity index (χ3v) is 8.92. The minimum absolute atomic E-state index is 0.103. The molecule has 5 rings (SSSR count). The van der Waals surface area contributed by atoms with Crippen molar-refractivity contribution in [1.82, 2.24) is 19.9 Å². The second kappa shape index (κ2) is 10.6. The molecule has 0 spiro atoms. The minimum atomic E-state index is -4.04. The van der Waals surface area contributed by atoms with Crippen LogP contribution in [-0.2, 0) is 33.4 Å². The molecule has 0 aliphatic carbocycles. The lowest BCUT2D eigenvalue weighted by Gasteiger charge is -2.12. The fourth-order valence-electron chi connectivity index (χ4n) is 3.74. The molecule has 0 fully saturated rings. The van der Waals surface area contributed by atoms with Gasteiger partial charge >= 0.3 is 0 Å². The van der Waals surface area contributed by atoms with Gasteiger partial charge in [0, 0.05) is 11.3 Å². The van der Waals surface area contributed by atoms with Crippen molar-refractivity contribution in [2.24, 2.45) is 0 Å². The lowest BCUT2D eigenvalue weighted by atomic mass is 10.1. The van der Waals surface area contributed by atoms with Crippen LogP contribution < -0.4 is 4.72 Å². The maximum Gasteiger partial charge on any atom is 0.241 e. The lowest BCUT2D eigenvalue weighted by Crippen LogP contribution is -2.17. The Morgan fingerprint density at radius 3 is 2.51 bits per heavy atom. The van der Waals surface area contributed by atoms with Gasteiger partial charge in [0.2, 0.25) is 11.8 Å². The van der Waals surface area contributed by atoms with E-state index < -0.39 is 37.9 Å². The summed E-state index contributed by atoms with van der Waals surface area (Å²) in [7, 11) is -4.04. The number of benzene rings is 3. The number of nitrogens with one attached hydrogen (secondary N) is 1. The summed E-state index contributed by atoms with van der Waals surface area (Å²) in [5, 5.41) is 6.49. The molecule has 0 bridgehead atoms. The largest absolute Gasteiger partial charge is 0.760 e. The Labute approximate surface area is 217 Å². The van der Waals surface area contributed by atoms with Crippen LogP contribution in [0.2, 0.25) is 0 Å². The van der Waals surface area contributed by atoms with Gasteiger partial charge in [-0.2, -0.15) is 0 Å². The van der Waals surface area contributed by atoms with Gasteiger partial charge in [0.15, 0.2) is 15.1 Å². The molecule has 37 heavy (non-hydrogen) atoms. The van der Waals surface area contributed by atoms with E-state index in [1.54, 1.807) is 0 Å². The monoisotopic (exact) mass is 557 g/mol. The summed E-state index contributed by atoms with van der Waals surface area (Å²) in [6.45, 7) is -0.297. The van der Waals surface area contributed by atoms with E-state index >= 15 is 0 Å². The molecule has 2 atom stereocenters. The van der Waals surface area contributed by atoms with Crippen molar-refractivity contribution in [2.75, 3.05) is 0 Å². The van der Waals surface area contributed by atoms with Crippen LogP contribution in [0.4, 0.5) is 4.39 Å². The van der Waals surface area contributed by atoms with Crippen LogP contribution >= 0.6 is 11.3 Å². The van der Waals surface area contributed by atoms with Gasteiger partial charge < -0.3 is 8.97 Å². The summed E-state index contributed by atoms with van der Waals surface area (Å²) in [6, 6.07) is 20.5. The zero-order valence-corrected chi connectivity index (χ0v) is 21.4. The topological polar surface area (TPSA) is 138 Å². The highest BCUT2D eigenvalue weighted by Crippen LogP contribution is 2.38. The number of rotatable bonds is 9. The van der Waals surface area contributed by atoms with Crippen LogP contribution in [0.1, 0.15) is 27.6 Å². The molecule has 3 aromatic carbocycles. The van der Waals surface area contributed by atoms with Crippen molar-refractivity contribution in [3.05, 3.63) is 101 Å². The average molecular weight is 558 g/mol. The number of hydrogen-bond acceptors (Lipinski definition) is 9. The molecule has 0 radical (unpaired) electrons. The van der Waals surface area contributed by atoms with E-state index in [2.05, 4.69) is 19.9 Å². The number of hydrogen-bond donors (Lipinski definition) is 1. The second-order valence-corrected chi connectivity index (χ2v) is 11.9. The molecule has 2 unspecified atom stereocenters. The normalized spacial score (nSPS) is 13.6. The number of halogens is 1. The summed E-state index contributed by atoms with van der Waals surface area (Å²) >= 11 is -1.38. The highest BCUT2D eigenvalue weighted by atomic mass is 32.2. The third-order valence-electron chi connectivity index (χ3n) is 5.42. The Morgan fingerprint density at radius 1 is 1.03 bits per heavy atom. The lowest BCUT2D eigenvalue weighted by molar-refractivity contribution is 0.440. The second-order valence-electron chi connectivity index (χ2n) is 8.00. The van der Waals surface area contributed by atoms with Gasteiger partial charge in [-0.3, -0.25) is 4.21 Å². The number of nitrogens with zero attached hydrogens (tertiary/aromatic N) is 3. The van der Waals surface area contributed by atoms with Crippen molar-refractivity contribution < 1.29 is 26.0 Å². The molecule has 0 aliphatic heterocycles. The Bertz CT molecular complexity index is 1670. The van der Waals surface area contributed by atoms with E-state index in [0.717, 1.165) is 15.8 Å². The Balaban J connectivity index is 1.56. The van der Waals surface area contributed by atoms with E-state index in [-0.39, 0.29) is 23.3 Å². The molecule has 0 saturated heterocycles. The van der Waals surface area contributed by atoms with Gasteiger partial charge in [-0.05, 0) is 41.0 Å². The summed E-state index contributed by atoms with van der Waals surface area (Å²) < 4.78 is 70.7. The molecular weight excluding hydrogens is 539 g/mol. The minimum Gasteiger partial charge on any atom is -0.760 e. The highest BCUT2D eigenvalue weighted by molar-refractivity contribution is 7.91. The molecule has 0 amide bonds. The fourth-order valence-corrected chi connectivity index (χ4v) is 7.13. The maximum atomic E-state index is 13.7.